The lowest BCUT2D eigenvalue weighted by Crippen LogP contribution is -2.31. The molecule has 2 unspecified atom stereocenters. The van der Waals surface area contributed by atoms with Crippen LogP contribution >= 0.6 is 0 Å². The van der Waals surface area contributed by atoms with Crippen LogP contribution in [0.25, 0.3) is 0 Å². The summed E-state index contributed by atoms with van der Waals surface area (Å²) in [6.07, 6.45) is -1.74. The molecule has 0 saturated carbocycles. The molecule has 0 heterocycles. The van der Waals surface area contributed by atoms with E-state index in [9.17, 15) is 19.2 Å². The maximum Gasteiger partial charge on any atom is 0.338 e. The molecular formula is C30H30O10. The number of para-hydroxylation sites is 2. The van der Waals surface area contributed by atoms with Gasteiger partial charge in [0, 0.05) is 13.8 Å². The van der Waals surface area contributed by atoms with Gasteiger partial charge in [-0.25, -0.2) is 9.59 Å². The minimum Gasteiger partial charge on any atom is -0.490 e. The van der Waals surface area contributed by atoms with Gasteiger partial charge in [-0.15, -0.1) is 0 Å². The summed E-state index contributed by atoms with van der Waals surface area (Å²) in [7, 11) is 0. The molecule has 0 fully saturated rings. The summed E-state index contributed by atoms with van der Waals surface area (Å²) in [5.41, 5.74) is 0.320. The number of benzene rings is 3. The van der Waals surface area contributed by atoms with E-state index in [-0.39, 0.29) is 37.6 Å². The molecule has 0 aliphatic rings. The predicted octanol–water partition coefficient (Wildman–Crippen LogP) is 4.02. The van der Waals surface area contributed by atoms with E-state index in [4.69, 9.17) is 28.4 Å². The Balaban J connectivity index is 1.59. The van der Waals surface area contributed by atoms with Gasteiger partial charge in [0.1, 0.15) is 37.9 Å². The van der Waals surface area contributed by atoms with E-state index in [0.29, 0.717) is 11.5 Å². The van der Waals surface area contributed by atoms with Gasteiger partial charge in [-0.05, 0) is 48.5 Å². The Kier molecular flexibility index (Phi) is 11.5. The molecule has 3 aromatic rings. The summed E-state index contributed by atoms with van der Waals surface area (Å²) in [6.45, 7) is 2.04. The van der Waals surface area contributed by atoms with Crippen LogP contribution in [0.2, 0.25) is 0 Å². The number of hydrogen-bond acceptors (Lipinski definition) is 10. The van der Waals surface area contributed by atoms with E-state index in [1.54, 1.807) is 48.5 Å². The van der Waals surface area contributed by atoms with Gasteiger partial charge in [0.25, 0.3) is 0 Å². The maximum atomic E-state index is 12.7. The molecule has 0 saturated heterocycles. The van der Waals surface area contributed by atoms with Gasteiger partial charge in [-0.2, -0.15) is 0 Å². The minimum absolute atomic E-state index is 0.0395. The lowest BCUT2D eigenvalue weighted by atomic mass is 10.1. The molecule has 3 aromatic carbocycles. The van der Waals surface area contributed by atoms with Crippen LogP contribution in [-0.4, -0.2) is 62.5 Å². The second kappa shape index (κ2) is 15.5. The summed E-state index contributed by atoms with van der Waals surface area (Å²) in [5.74, 6) is -1.31. The van der Waals surface area contributed by atoms with Crippen molar-refractivity contribution in [1.82, 2.24) is 0 Å². The van der Waals surface area contributed by atoms with Crippen LogP contribution in [0.15, 0.2) is 84.9 Å². The molecule has 0 spiro atoms. The van der Waals surface area contributed by atoms with Crippen molar-refractivity contribution < 1.29 is 47.6 Å². The molecule has 10 nitrogen and oxygen atoms in total. The SMILES string of the molecule is CC(=O)OCC(COc1ccccc1)OC(=O)c1ccc(C(=O)OC(COC(C)=O)COc2ccccc2)cc1. The van der Waals surface area contributed by atoms with Gasteiger partial charge in [0.05, 0.1) is 11.1 Å². The fourth-order valence-corrected chi connectivity index (χ4v) is 3.25. The number of hydrogen-bond donors (Lipinski definition) is 0. The Labute approximate surface area is 231 Å². The van der Waals surface area contributed by atoms with Crippen LogP contribution < -0.4 is 9.47 Å². The van der Waals surface area contributed by atoms with Crippen molar-refractivity contribution >= 4 is 23.9 Å². The van der Waals surface area contributed by atoms with Crippen molar-refractivity contribution in [3.63, 3.8) is 0 Å². The van der Waals surface area contributed by atoms with Gasteiger partial charge in [0.15, 0.2) is 12.2 Å². The first-order valence-electron chi connectivity index (χ1n) is 12.4. The summed E-state index contributed by atoms with van der Waals surface area (Å²) in [6, 6.07) is 23.4. The summed E-state index contributed by atoms with van der Waals surface area (Å²) >= 11 is 0. The zero-order valence-corrected chi connectivity index (χ0v) is 22.1. The van der Waals surface area contributed by atoms with Crippen molar-refractivity contribution in [2.75, 3.05) is 26.4 Å². The molecule has 0 amide bonds. The van der Waals surface area contributed by atoms with Gasteiger partial charge in [0.2, 0.25) is 0 Å². The van der Waals surface area contributed by atoms with Crippen LogP contribution in [0.5, 0.6) is 11.5 Å². The standard InChI is InChI=1S/C30H30O10/c1-21(31)35-17-27(19-37-25-9-5-3-6-10-25)39-29(33)23-13-15-24(16-14-23)30(34)40-28(18-36-22(2)32)20-38-26-11-7-4-8-12-26/h3-16,27-28H,17-20H2,1-2H3. The summed E-state index contributed by atoms with van der Waals surface area (Å²) in [4.78, 5) is 48.0. The Morgan fingerprint density at radius 3 is 1.20 bits per heavy atom. The summed E-state index contributed by atoms with van der Waals surface area (Å²) in [5, 5.41) is 0. The topological polar surface area (TPSA) is 124 Å². The van der Waals surface area contributed by atoms with E-state index in [1.165, 1.54) is 38.1 Å². The molecule has 0 bridgehead atoms. The van der Waals surface area contributed by atoms with Crippen molar-refractivity contribution in [2.24, 2.45) is 0 Å². The lowest BCUT2D eigenvalue weighted by Gasteiger charge is -2.19. The largest absolute Gasteiger partial charge is 0.490 e. The molecule has 0 aliphatic heterocycles. The van der Waals surface area contributed by atoms with Crippen LogP contribution in [0, 0.1) is 0 Å². The van der Waals surface area contributed by atoms with E-state index >= 15 is 0 Å². The van der Waals surface area contributed by atoms with Crippen molar-refractivity contribution in [3.05, 3.63) is 96.1 Å². The first kappa shape index (κ1) is 29.7. The summed E-state index contributed by atoms with van der Waals surface area (Å²) < 4.78 is 32.2. The van der Waals surface area contributed by atoms with E-state index in [1.807, 2.05) is 12.1 Å². The van der Waals surface area contributed by atoms with Crippen LogP contribution in [0.1, 0.15) is 34.6 Å². The smallest absolute Gasteiger partial charge is 0.338 e. The van der Waals surface area contributed by atoms with Crippen molar-refractivity contribution in [3.8, 4) is 11.5 Å². The number of carbonyl (C=O) groups is 4. The Morgan fingerprint density at radius 2 is 0.875 bits per heavy atom. The fourth-order valence-electron chi connectivity index (χ4n) is 3.25. The highest BCUT2D eigenvalue weighted by Crippen LogP contribution is 2.14. The molecule has 210 valence electrons. The molecule has 0 aromatic heterocycles. The highest BCUT2D eigenvalue weighted by atomic mass is 16.6. The predicted molar refractivity (Wildman–Crippen MR) is 142 cm³/mol. The number of carbonyl (C=O) groups excluding carboxylic acids is 4. The van der Waals surface area contributed by atoms with E-state index < -0.39 is 36.1 Å². The monoisotopic (exact) mass is 550 g/mol. The Hall–Kier alpha value is -4.86. The first-order chi connectivity index (χ1) is 19.3. The quantitative estimate of drug-likeness (QED) is 0.215. The average molecular weight is 551 g/mol. The molecule has 40 heavy (non-hydrogen) atoms. The number of ether oxygens (including phenoxy) is 6. The highest BCUT2D eigenvalue weighted by Gasteiger charge is 2.21. The molecule has 0 N–H and O–H groups in total. The van der Waals surface area contributed by atoms with E-state index in [0.717, 1.165) is 0 Å². The fraction of sp³-hybridized carbons (Fsp3) is 0.267. The van der Waals surface area contributed by atoms with Crippen LogP contribution in [0.4, 0.5) is 0 Å². The maximum absolute atomic E-state index is 12.7. The zero-order valence-electron chi connectivity index (χ0n) is 22.1. The van der Waals surface area contributed by atoms with Crippen LogP contribution in [0.3, 0.4) is 0 Å². The third-order valence-electron chi connectivity index (χ3n) is 5.21. The first-order valence-corrected chi connectivity index (χ1v) is 12.4. The van der Waals surface area contributed by atoms with Gasteiger partial charge in [-0.1, -0.05) is 36.4 Å². The highest BCUT2D eigenvalue weighted by molar-refractivity contribution is 5.93. The minimum atomic E-state index is -0.868. The van der Waals surface area contributed by atoms with Crippen LogP contribution in [-0.2, 0) is 28.5 Å². The lowest BCUT2D eigenvalue weighted by molar-refractivity contribution is -0.145. The van der Waals surface area contributed by atoms with Crippen molar-refractivity contribution in [2.45, 2.75) is 26.1 Å². The van der Waals surface area contributed by atoms with Gasteiger partial charge >= 0.3 is 23.9 Å². The number of esters is 4. The zero-order chi connectivity index (χ0) is 28.7. The molecule has 0 aliphatic carbocycles. The Morgan fingerprint density at radius 1 is 0.525 bits per heavy atom. The third-order valence-corrected chi connectivity index (χ3v) is 5.21. The van der Waals surface area contributed by atoms with E-state index in [2.05, 4.69) is 0 Å². The third kappa shape index (κ3) is 10.5. The average Bonchev–Trinajstić information content (AvgIpc) is 2.96. The van der Waals surface area contributed by atoms with Gasteiger partial charge < -0.3 is 28.4 Å². The normalized spacial score (nSPS) is 11.8. The Bertz CT molecular complexity index is 1140. The van der Waals surface area contributed by atoms with Gasteiger partial charge in [-0.3, -0.25) is 9.59 Å². The number of rotatable bonds is 14. The second-order valence-electron chi connectivity index (χ2n) is 8.49. The molecule has 2 atom stereocenters. The molecule has 0 radical (unpaired) electrons. The second-order valence-corrected chi connectivity index (χ2v) is 8.49. The molecule has 10 heteroatoms. The van der Waals surface area contributed by atoms with Crippen molar-refractivity contribution in [1.29, 1.82) is 0 Å². The molecular weight excluding hydrogens is 520 g/mol. The molecule has 3 rings (SSSR count).